The molecule has 0 heterocycles. The molecule has 0 radical (unpaired) electrons. The monoisotopic (exact) mass is 499 g/mol. The van der Waals surface area contributed by atoms with Crippen molar-refractivity contribution in [2.45, 2.75) is 11.8 Å². The van der Waals surface area contributed by atoms with E-state index in [0.717, 1.165) is 16.9 Å². The number of benzene rings is 4. The SMILES string of the molecule is Cc1ccc(S(=O)(=O)N(C)c2ccc(C(=O)N/N=C\c3ccc(Oc4ccccc4)cc3)cc2)cc1. The van der Waals surface area contributed by atoms with Gasteiger partial charge in [-0.25, -0.2) is 13.8 Å². The zero-order valence-corrected chi connectivity index (χ0v) is 20.6. The van der Waals surface area contributed by atoms with Gasteiger partial charge in [0.15, 0.2) is 0 Å². The van der Waals surface area contributed by atoms with E-state index >= 15 is 0 Å². The summed E-state index contributed by atoms with van der Waals surface area (Å²) < 4.78 is 32.7. The average molecular weight is 500 g/mol. The van der Waals surface area contributed by atoms with Crippen molar-refractivity contribution in [3.8, 4) is 11.5 Å². The van der Waals surface area contributed by atoms with E-state index in [2.05, 4.69) is 10.5 Å². The van der Waals surface area contributed by atoms with Gasteiger partial charge in [0.25, 0.3) is 15.9 Å². The molecule has 0 fully saturated rings. The van der Waals surface area contributed by atoms with Crippen LogP contribution in [-0.4, -0.2) is 27.6 Å². The van der Waals surface area contributed by atoms with Crippen LogP contribution in [0.3, 0.4) is 0 Å². The molecule has 4 aromatic rings. The minimum Gasteiger partial charge on any atom is -0.457 e. The van der Waals surface area contributed by atoms with Gasteiger partial charge >= 0.3 is 0 Å². The van der Waals surface area contributed by atoms with Crippen LogP contribution in [0.5, 0.6) is 11.5 Å². The van der Waals surface area contributed by atoms with Gasteiger partial charge < -0.3 is 4.74 Å². The van der Waals surface area contributed by atoms with Crippen molar-refractivity contribution in [3.63, 3.8) is 0 Å². The fraction of sp³-hybridized carbons (Fsp3) is 0.0714. The molecule has 0 bridgehead atoms. The van der Waals surface area contributed by atoms with E-state index < -0.39 is 15.9 Å². The zero-order valence-electron chi connectivity index (χ0n) is 19.8. The van der Waals surface area contributed by atoms with Crippen LogP contribution >= 0.6 is 0 Å². The maximum atomic E-state index is 12.9. The highest BCUT2D eigenvalue weighted by Crippen LogP contribution is 2.23. The second kappa shape index (κ2) is 10.9. The van der Waals surface area contributed by atoms with E-state index in [-0.39, 0.29) is 4.90 Å². The Balaban J connectivity index is 1.35. The third-order valence-corrected chi connectivity index (χ3v) is 7.21. The number of sulfonamides is 1. The molecule has 0 aromatic heterocycles. The first kappa shape index (κ1) is 24.7. The van der Waals surface area contributed by atoms with Gasteiger partial charge in [-0.05, 0) is 85.3 Å². The van der Waals surface area contributed by atoms with E-state index in [1.165, 1.54) is 17.6 Å². The molecular formula is C28H25N3O4S. The smallest absolute Gasteiger partial charge is 0.271 e. The standard InChI is InChI=1S/C28H25N3O4S/c1-21-8-18-27(19-9-21)36(33,34)31(2)24-14-12-23(13-15-24)28(32)30-29-20-22-10-16-26(17-11-22)35-25-6-4-3-5-7-25/h3-20H,1-2H3,(H,30,32)/b29-20-. The molecule has 4 rings (SSSR count). The number of carbonyl (C=O) groups excluding carboxylic acids is 1. The molecule has 36 heavy (non-hydrogen) atoms. The lowest BCUT2D eigenvalue weighted by atomic mass is 10.2. The number of ether oxygens (including phenoxy) is 1. The van der Waals surface area contributed by atoms with Crippen molar-refractivity contribution in [2.75, 3.05) is 11.4 Å². The maximum absolute atomic E-state index is 12.9. The molecule has 0 saturated carbocycles. The Kier molecular flexibility index (Phi) is 7.46. The summed E-state index contributed by atoms with van der Waals surface area (Å²) in [5, 5.41) is 4.00. The van der Waals surface area contributed by atoms with Crippen LogP contribution < -0.4 is 14.5 Å². The lowest BCUT2D eigenvalue weighted by Crippen LogP contribution is -2.26. The Bertz CT molecular complexity index is 1450. The zero-order chi connectivity index (χ0) is 25.5. The van der Waals surface area contributed by atoms with E-state index in [1.807, 2.05) is 61.5 Å². The predicted octanol–water partition coefficient (Wildman–Crippen LogP) is 5.38. The van der Waals surface area contributed by atoms with E-state index in [1.54, 1.807) is 48.5 Å². The van der Waals surface area contributed by atoms with E-state index in [9.17, 15) is 13.2 Å². The molecule has 7 nitrogen and oxygen atoms in total. The van der Waals surface area contributed by atoms with Crippen LogP contribution in [0.25, 0.3) is 0 Å². The van der Waals surface area contributed by atoms with E-state index in [0.29, 0.717) is 17.0 Å². The Morgan fingerprint density at radius 2 is 1.44 bits per heavy atom. The first-order valence-electron chi connectivity index (χ1n) is 11.1. The highest BCUT2D eigenvalue weighted by atomic mass is 32.2. The molecule has 1 amide bonds. The maximum Gasteiger partial charge on any atom is 0.271 e. The summed E-state index contributed by atoms with van der Waals surface area (Å²) in [6.45, 7) is 1.89. The minimum absolute atomic E-state index is 0.200. The summed E-state index contributed by atoms with van der Waals surface area (Å²) in [5.41, 5.74) is 5.03. The third kappa shape index (κ3) is 5.97. The minimum atomic E-state index is -3.71. The number of aryl methyl sites for hydroxylation is 1. The first-order chi connectivity index (χ1) is 17.3. The molecule has 0 aliphatic rings. The number of para-hydroxylation sites is 1. The van der Waals surface area contributed by atoms with Crippen LogP contribution in [0, 0.1) is 6.92 Å². The second-order valence-electron chi connectivity index (χ2n) is 8.02. The second-order valence-corrected chi connectivity index (χ2v) is 9.98. The van der Waals surface area contributed by atoms with Crippen LogP contribution in [0.2, 0.25) is 0 Å². The molecule has 0 unspecified atom stereocenters. The largest absolute Gasteiger partial charge is 0.457 e. The molecule has 1 N–H and O–H groups in total. The van der Waals surface area contributed by atoms with Crippen LogP contribution in [0.4, 0.5) is 5.69 Å². The summed E-state index contributed by atoms with van der Waals surface area (Å²) in [4.78, 5) is 12.6. The Morgan fingerprint density at radius 1 is 0.833 bits per heavy atom. The van der Waals surface area contributed by atoms with Gasteiger partial charge in [0.1, 0.15) is 11.5 Å². The number of nitrogens with zero attached hydrogens (tertiary/aromatic N) is 2. The van der Waals surface area contributed by atoms with Gasteiger partial charge in [-0.2, -0.15) is 5.10 Å². The lowest BCUT2D eigenvalue weighted by molar-refractivity contribution is 0.0955. The average Bonchev–Trinajstić information content (AvgIpc) is 2.90. The van der Waals surface area contributed by atoms with Crippen LogP contribution in [-0.2, 0) is 10.0 Å². The van der Waals surface area contributed by atoms with Gasteiger partial charge in [0, 0.05) is 12.6 Å². The van der Waals surface area contributed by atoms with Crippen molar-refractivity contribution < 1.29 is 17.9 Å². The molecule has 8 heteroatoms. The summed E-state index contributed by atoms with van der Waals surface area (Å²) in [6, 6.07) is 29.7. The topological polar surface area (TPSA) is 88.1 Å². The molecule has 0 atom stereocenters. The van der Waals surface area contributed by atoms with Crippen molar-refractivity contribution in [1.82, 2.24) is 5.43 Å². The van der Waals surface area contributed by atoms with Gasteiger partial charge in [0.05, 0.1) is 16.8 Å². The Morgan fingerprint density at radius 3 is 2.08 bits per heavy atom. The molecule has 0 saturated heterocycles. The van der Waals surface area contributed by atoms with Gasteiger partial charge in [0.2, 0.25) is 0 Å². The van der Waals surface area contributed by atoms with Crippen LogP contribution in [0.15, 0.2) is 113 Å². The summed E-state index contributed by atoms with van der Waals surface area (Å²) in [5.74, 6) is 1.03. The van der Waals surface area contributed by atoms with Gasteiger partial charge in [-0.1, -0.05) is 35.9 Å². The number of carbonyl (C=O) groups is 1. The van der Waals surface area contributed by atoms with Gasteiger partial charge in [-0.3, -0.25) is 9.10 Å². The number of rotatable bonds is 8. The molecule has 182 valence electrons. The summed E-state index contributed by atoms with van der Waals surface area (Å²) in [7, 11) is -2.23. The number of anilines is 1. The van der Waals surface area contributed by atoms with E-state index in [4.69, 9.17) is 4.74 Å². The predicted molar refractivity (Wildman–Crippen MR) is 141 cm³/mol. The highest BCUT2D eigenvalue weighted by Gasteiger charge is 2.21. The van der Waals surface area contributed by atoms with Crippen molar-refractivity contribution >= 4 is 27.8 Å². The first-order valence-corrected chi connectivity index (χ1v) is 12.6. The summed E-state index contributed by atoms with van der Waals surface area (Å²) in [6.07, 6.45) is 1.53. The molecule has 0 aliphatic carbocycles. The number of hydrogen-bond donors (Lipinski definition) is 1. The molecule has 4 aromatic carbocycles. The highest BCUT2D eigenvalue weighted by molar-refractivity contribution is 7.92. The lowest BCUT2D eigenvalue weighted by Gasteiger charge is -2.19. The van der Waals surface area contributed by atoms with Crippen molar-refractivity contribution in [3.05, 3.63) is 120 Å². The molecule has 0 aliphatic heterocycles. The fourth-order valence-corrected chi connectivity index (χ4v) is 4.50. The summed E-state index contributed by atoms with van der Waals surface area (Å²) >= 11 is 0. The van der Waals surface area contributed by atoms with Crippen molar-refractivity contribution in [1.29, 1.82) is 0 Å². The van der Waals surface area contributed by atoms with Gasteiger partial charge in [-0.15, -0.1) is 0 Å². The van der Waals surface area contributed by atoms with Crippen LogP contribution in [0.1, 0.15) is 21.5 Å². The number of hydrazone groups is 1. The Labute approximate surface area is 210 Å². The Hall–Kier alpha value is -4.43. The van der Waals surface area contributed by atoms with Crippen molar-refractivity contribution in [2.24, 2.45) is 5.10 Å². The molecular weight excluding hydrogens is 474 g/mol. The third-order valence-electron chi connectivity index (χ3n) is 5.41. The number of amides is 1. The fourth-order valence-electron chi connectivity index (χ4n) is 3.31. The quantitative estimate of drug-likeness (QED) is 0.261. The normalized spacial score (nSPS) is 11.3. The number of hydrogen-bond acceptors (Lipinski definition) is 5. The number of nitrogens with one attached hydrogen (secondary N) is 1. The molecule has 0 spiro atoms.